The van der Waals surface area contributed by atoms with Crippen LogP contribution in [0.25, 0.3) is 0 Å². The molecule has 0 fully saturated rings. The molecule has 0 saturated heterocycles. The summed E-state index contributed by atoms with van der Waals surface area (Å²) < 4.78 is 0. The van der Waals surface area contributed by atoms with Crippen molar-refractivity contribution in [2.24, 2.45) is 9.98 Å². The van der Waals surface area contributed by atoms with Gasteiger partial charge in [0.1, 0.15) is 11.5 Å². The molecule has 0 atom stereocenters. The van der Waals surface area contributed by atoms with E-state index in [1.807, 2.05) is 12.1 Å². The number of hydrogen-bond donors (Lipinski definition) is 4. The van der Waals surface area contributed by atoms with Crippen molar-refractivity contribution >= 4 is 12.4 Å². The summed E-state index contributed by atoms with van der Waals surface area (Å²) in [5, 5.41) is 31.1. The smallest absolute Gasteiger partial charge is 1.00 e. The van der Waals surface area contributed by atoms with Gasteiger partial charge in [-0.1, -0.05) is 24.3 Å². The van der Waals surface area contributed by atoms with Gasteiger partial charge in [-0.2, -0.15) is 0 Å². The molecule has 2 aromatic rings. The zero-order valence-corrected chi connectivity index (χ0v) is 18.6. The predicted octanol–water partition coefficient (Wildman–Crippen LogP) is -0.345. The fraction of sp³-hybridized carbons (Fsp3) is 0.125. The van der Waals surface area contributed by atoms with Crippen LogP contribution in [0.1, 0.15) is 11.1 Å². The van der Waals surface area contributed by atoms with Crippen molar-refractivity contribution in [3.63, 3.8) is 0 Å². The molecule has 0 unspecified atom stereocenters. The average Bonchev–Trinajstić information content (AvgIpc) is 2.56. The number of phenols is 2. The maximum absolute atomic E-state index is 9.54. The molecule has 4 N–H and O–H groups in total. The van der Waals surface area contributed by atoms with Crippen LogP contribution in [0.4, 0.5) is 0 Å². The van der Waals surface area contributed by atoms with Crippen molar-refractivity contribution in [3.05, 3.63) is 59.7 Å². The summed E-state index contributed by atoms with van der Waals surface area (Å²) in [6.45, 7) is 1.05. The Balaban J connectivity index is 0. The second kappa shape index (κ2) is 16.2. The zero-order chi connectivity index (χ0) is 16.2. The van der Waals surface area contributed by atoms with Gasteiger partial charge in [-0.05, 0) is 24.3 Å². The Kier molecular flexibility index (Phi) is 17.4. The average molecular weight is 434 g/mol. The molecule has 0 spiro atoms. The van der Waals surface area contributed by atoms with E-state index in [2.05, 4.69) is 9.98 Å². The number of para-hydroxylation sites is 2. The van der Waals surface area contributed by atoms with Crippen molar-refractivity contribution < 1.29 is 94.5 Å². The molecule has 6 nitrogen and oxygen atoms in total. The zero-order valence-electron chi connectivity index (χ0n) is 13.3. The molecule has 24 heavy (non-hydrogen) atoms. The molecule has 0 aromatic heterocycles. The number of phenolic OH excluding ortho intramolecular Hbond substituents is 2. The van der Waals surface area contributed by atoms with Crippen molar-refractivity contribution in [2.75, 3.05) is 13.1 Å². The van der Waals surface area contributed by atoms with Crippen LogP contribution < -0.4 is 51.4 Å². The summed E-state index contributed by atoms with van der Waals surface area (Å²) in [6, 6.07) is 14.1. The molecule has 8 heteroatoms. The molecule has 122 valence electrons. The standard InChI is InChI=1S/C16H16N2O2.K.Nb.H2O2/c19-15-7-3-1-5-13(15)11-17-9-10-18-12-14-6-2-4-8-16(14)20;;;1-2/h1-8,11-12,19-20H,9-10H2;;;1-2H/q;+1;-1;. The molecule has 0 aliphatic heterocycles. The Morgan fingerprint density at radius 3 is 1.38 bits per heavy atom. The number of hydrogen-bond acceptors (Lipinski definition) is 6. The van der Waals surface area contributed by atoms with Crippen molar-refractivity contribution in [2.45, 2.75) is 0 Å². The van der Waals surface area contributed by atoms with E-state index in [0.717, 1.165) is 0 Å². The number of rotatable bonds is 5. The molecule has 0 bridgehead atoms. The first-order valence-electron chi connectivity index (χ1n) is 6.53. The van der Waals surface area contributed by atoms with Crippen LogP contribution in [-0.2, 0) is 22.4 Å². The van der Waals surface area contributed by atoms with Crippen molar-refractivity contribution in [1.82, 2.24) is 0 Å². The minimum absolute atomic E-state index is 0. The number of benzene rings is 2. The van der Waals surface area contributed by atoms with Gasteiger partial charge in [0.15, 0.2) is 0 Å². The number of aromatic hydroxyl groups is 2. The van der Waals surface area contributed by atoms with Crippen LogP contribution >= 0.6 is 0 Å². The third kappa shape index (κ3) is 9.85. The fourth-order valence-corrected chi connectivity index (χ4v) is 1.63. The van der Waals surface area contributed by atoms with Crippen LogP contribution in [0, 0.1) is 0 Å². The third-order valence-electron chi connectivity index (χ3n) is 2.69. The van der Waals surface area contributed by atoms with Gasteiger partial charge >= 0.3 is 51.4 Å². The van der Waals surface area contributed by atoms with Gasteiger partial charge in [-0.25, -0.2) is 0 Å². The van der Waals surface area contributed by atoms with E-state index in [1.165, 1.54) is 0 Å². The van der Waals surface area contributed by atoms with Gasteiger partial charge in [-0.15, -0.1) is 0 Å². The third-order valence-corrected chi connectivity index (χ3v) is 2.69. The number of nitrogens with zero attached hydrogens (tertiary/aromatic N) is 2. The van der Waals surface area contributed by atoms with Gasteiger partial charge < -0.3 is 32.6 Å². The summed E-state index contributed by atoms with van der Waals surface area (Å²) in [6.07, 6.45) is 3.26. The Bertz CT molecular complexity index is 583. The normalized spacial score (nSPS) is 9.75. The van der Waals surface area contributed by atoms with Gasteiger partial charge in [-0.3, -0.25) is 20.5 Å². The Labute approximate surface area is 198 Å². The van der Waals surface area contributed by atoms with Crippen LogP contribution in [0.15, 0.2) is 58.5 Å². The first-order chi connectivity index (χ1) is 10.8. The first kappa shape index (κ1) is 25.9. The van der Waals surface area contributed by atoms with Crippen LogP contribution in [-0.4, -0.2) is 46.2 Å². The second-order valence-corrected chi connectivity index (χ2v) is 4.19. The summed E-state index contributed by atoms with van der Waals surface area (Å²) in [4.78, 5) is 8.39. The maximum atomic E-state index is 9.54. The van der Waals surface area contributed by atoms with E-state index >= 15 is 0 Å². The van der Waals surface area contributed by atoms with Crippen LogP contribution in [0.2, 0.25) is 0 Å². The van der Waals surface area contributed by atoms with Gasteiger partial charge in [0.05, 0.1) is 13.1 Å². The van der Waals surface area contributed by atoms with Crippen molar-refractivity contribution in [3.8, 4) is 11.5 Å². The van der Waals surface area contributed by atoms with E-state index in [0.29, 0.717) is 24.2 Å². The molecule has 0 heterocycles. The summed E-state index contributed by atoms with van der Waals surface area (Å²) in [7, 11) is 0. The SMILES string of the molecule is OO.Oc1ccccc1C=NCCN=Cc1ccccc1O.[K+].[Nb-]. The molecule has 2 rings (SSSR count). The minimum atomic E-state index is 0. The quantitative estimate of drug-likeness (QED) is 0.170. The predicted molar refractivity (Wildman–Crippen MR) is 86.4 cm³/mol. The maximum Gasteiger partial charge on any atom is 1.00 e. The molecule has 0 amide bonds. The molecule has 0 radical (unpaired) electrons. The van der Waals surface area contributed by atoms with E-state index in [4.69, 9.17) is 10.5 Å². The monoisotopic (exact) mass is 434 g/mol. The fourth-order valence-electron chi connectivity index (χ4n) is 1.63. The van der Waals surface area contributed by atoms with Gasteiger partial charge in [0.2, 0.25) is 0 Å². The summed E-state index contributed by atoms with van der Waals surface area (Å²) >= 11 is 0. The molecule has 0 aliphatic rings. The van der Waals surface area contributed by atoms with E-state index in [-0.39, 0.29) is 85.3 Å². The molecule has 2 aromatic carbocycles. The summed E-state index contributed by atoms with van der Waals surface area (Å²) in [5.74, 6) is 0.433. The largest absolute Gasteiger partial charge is 1.00 e. The topological polar surface area (TPSA) is 106 Å². The number of aliphatic imine (C=N–C) groups is 2. The van der Waals surface area contributed by atoms with E-state index in [9.17, 15) is 10.2 Å². The van der Waals surface area contributed by atoms with Gasteiger partial charge in [0, 0.05) is 23.6 Å². The molecular formula is C16H18KN2NbO4. The second-order valence-electron chi connectivity index (χ2n) is 4.19. The van der Waals surface area contributed by atoms with Crippen LogP contribution in [0.5, 0.6) is 11.5 Å². The minimum Gasteiger partial charge on any atom is -1.00 e. The van der Waals surface area contributed by atoms with Crippen LogP contribution in [0.3, 0.4) is 0 Å². The van der Waals surface area contributed by atoms with Crippen molar-refractivity contribution in [1.29, 1.82) is 0 Å². The Morgan fingerprint density at radius 1 is 0.708 bits per heavy atom. The molecular weight excluding hydrogens is 416 g/mol. The molecule has 0 saturated carbocycles. The van der Waals surface area contributed by atoms with Gasteiger partial charge in [0.25, 0.3) is 0 Å². The summed E-state index contributed by atoms with van der Waals surface area (Å²) in [5.41, 5.74) is 1.38. The Hall–Kier alpha value is -0.323. The van der Waals surface area contributed by atoms with E-state index in [1.54, 1.807) is 48.8 Å². The Morgan fingerprint density at radius 2 is 1.04 bits per heavy atom. The molecule has 0 aliphatic carbocycles. The van der Waals surface area contributed by atoms with E-state index < -0.39 is 0 Å². The first-order valence-corrected chi connectivity index (χ1v) is 6.53.